The highest BCUT2D eigenvalue weighted by atomic mass is 16.3. The quantitative estimate of drug-likeness (QED) is 0.0329. The Morgan fingerprint density at radius 1 is 0.500 bits per heavy atom. The molecule has 5 N–H and O–H groups in total. The molecule has 0 bridgehead atoms. The van der Waals surface area contributed by atoms with Crippen LogP contribution in [0.25, 0.3) is 0 Å². The van der Waals surface area contributed by atoms with Crippen molar-refractivity contribution < 1.29 is 25.2 Å². The van der Waals surface area contributed by atoms with Crippen LogP contribution in [0, 0.1) is 0 Å². The number of unbranched alkanes of at least 4 members (excludes halogenated alkanes) is 27. The van der Waals surface area contributed by atoms with Crippen molar-refractivity contribution in [1.29, 1.82) is 0 Å². The number of nitrogens with one attached hydrogen (secondary N) is 1. The average Bonchev–Trinajstić information content (AvgIpc) is 3.09. The summed E-state index contributed by atoms with van der Waals surface area (Å²) in [6.45, 7) is 4.04. The van der Waals surface area contributed by atoms with Gasteiger partial charge in [-0.05, 0) is 38.5 Å². The minimum atomic E-state index is -1.27. The molecule has 48 heavy (non-hydrogen) atoms. The summed E-state index contributed by atoms with van der Waals surface area (Å²) < 4.78 is 0. The van der Waals surface area contributed by atoms with E-state index in [0.29, 0.717) is 12.8 Å². The lowest BCUT2D eigenvalue weighted by Crippen LogP contribution is -2.53. The third-order valence-electron chi connectivity index (χ3n) is 9.98. The number of aliphatic hydroxyl groups excluding tert-OH is 4. The third-order valence-corrected chi connectivity index (χ3v) is 9.98. The van der Waals surface area contributed by atoms with E-state index in [9.17, 15) is 25.2 Å². The van der Waals surface area contributed by atoms with Crippen LogP contribution in [0.15, 0.2) is 12.2 Å². The van der Waals surface area contributed by atoms with E-state index < -0.39 is 36.9 Å². The van der Waals surface area contributed by atoms with Crippen LogP contribution in [-0.2, 0) is 4.79 Å². The van der Waals surface area contributed by atoms with E-state index in [1.807, 2.05) is 0 Å². The number of hydrogen-bond acceptors (Lipinski definition) is 5. The molecule has 0 aromatic carbocycles. The first-order valence-electron chi connectivity index (χ1n) is 21.1. The number of allylic oxidation sites excluding steroid dienone is 2. The van der Waals surface area contributed by atoms with Gasteiger partial charge in [-0.3, -0.25) is 4.79 Å². The van der Waals surface area contributed by atoms with E-state index in [1.54, 1.807) is 0 Å². The van der Waals surface area contributed by atoms with Gasteiger partial charge in [0.1, 0.15) is 12.2 Å². The Morgan fingerprint density at radius 3 is 1.23 bits per heavy atom. The zero-order valence-corrected chi connectivity index (χ0v) is 32.0. The Hall–Kier alpha value is -0.950. The van der Waals surface area contributed by atoms with Gasteiger partial charge in [0.25, 0.3) is 0 Å². The largest absolute Gasteiger partial charge is 0.394 e. The predicted molar refractivity (Wildman–Crippen MR) is 205 cm³/mol. The maximum absolute atomic E-state index is 12.5. The summed E-state index contributed by atoms with van der Waals surface area (Å²) in [5.74, 6) is -0.588. The van der Waals surface area contributed by atoms with Crippen molar-refractivity contribution in [2.45, 2.75) is 244 Å². The van der Waals surface area contributed by atoms with Crippen LogP contribution in [-0.4, -0.2) is 57.3 Å². The zero-order valence-electron chi connectivity index (χ0n) is 32.0. The Bertz CT molecular complexity index is 687. The highest BCUT2D eigenvalue weighted by Gasteiger charge is 2.28. The first kappa shape index (κ1) is 47.0. The first-order chi connectivity index (χ1) is 23.5. The molecule has 0 aliphatic rings. The summed E-state index contributed by atoms with van der Waals surface area (Å²) >= 11 is 0. The summed E-state index contributed by atoms with van der Waals surface area (Å²) in [7, 11) is 0. The van der Waals surface area contributed by atoms with Gasteiger partial charge in [0.2, 0.25) is 5.91 Å². The molecule has 0 saturated heterocycles. The summed E-state index contributed by atoms with van der Waals surface area (Å²) in [5, 5.41) is 43.6. The fraction of sp³-hybridized carbons (Fsp3) is 0.929. The Kier molecular flexibility index (Phi) is 36.6. The van der Waals surface area contributed by atoms with E-state index in [2.05, 4.69) is 31.3 Å². The lowest BCUT2D eigenvalue weighted by atomic mass is 9.99. The summed E-state index contributed by atoms with van der Waals surface area (Å²) in [6, 6.07) is -0.989. The number of carbonyl (C=O) groups excluding carboxylic acids is 1. The molecule has 6 heteroatoms. The molecular weight excluding hydrogens is 598 g/mol. The van der Waals surface area contributed by atoms with Crippen LogP contribution in [0.2, 0.25) is 0 Å². The molecule has 286 valence electrons. The molecule has 0 aliphatic heterocycles. The molecule has 0 saturated carbocycles. The van der Waals surface area contributed by atoms with E-state index in [0.717, 1.165) is 51.4 Å². The molecular formula is C42H83NO5. The highest BCUT2D eigenvalue weighted by molar-refractivity contribution is 5.80. The van der Waals surface area contributed by atoms with Gasteiger partial charge < -0.3 is 25.7 Å². The maximum atomic E-state index is 12.5. The van der Waals surface area contributed by atoms with Gasteiger partial charge >= 0.3 is 0 Å². The Labute approximate surface area is 298 Å². The van der Waals surface area contributed by atoms with Crippen molar-refractivity contribution in [2.75, 3.05) is 6.61 Å². The minimum absolute atomic E-state index is 0.370. The Balaban J connectivity index is 3.77. The molecule has 0 fully saturated rings. The standard InChI is InChI=1S/C42H83NO5/c1-3-5-7-9-11-13-15-17-19-21-23-25-27-29-31-33-35-39(45)41(47)38(37-44)43-42(48)40(46)36-34-32-30-28-26-24-22-20-18-16-14-12-10-8-6-4-2/h23,25,38-41,44-47H,3-22,24,26-37H2,1-2H3,(H,43,48)/b25-23+. The van der Waals surface area contributed by atoms with Gasteiger partial charge in [0.15, 0.2) is 0 Å². The highest BCUT2D eigenvalue weighted by Crippen LogP contribution is 2.16. The van der Waals surface area contributed by atoms with Gasteiger partial charge in [-0.25, -0.2) is 0 Å². The summed E-state index contributed by atoms with van der Waals surface area (Å²) in [6.07, 6.45) is 39.5. The van der Waals surface area contributed by atoms with Crippen LogP contribution in [0.1, 0.15) is 219 Å². The van der Waals surface area contributed by atoms with Gasteiger partial charge in [-0.15, -0.1) is 0 Å². The second-order valence-electron chi connectivity index (χ2n) is 14.7. The lowest BCUT2D eigenvalue weighted by molar-refractivity contribution is -0.132. The fourth-order valence-corrected chi connectivity index (χ4v) is 6.57. The molecule has 1 amide bonds. The van der Waals surface area contributed by atoms with Crippen molar-refractivity contribution in [3.63, 3.8) is 0 Å². The van der Waals surface area contributed by atoms with Crippen molar-refractivity contribution in [3.8, 4) is 0 Å². The zero-order chi connectivity index (χ0) is 35.3. The van der Waals surface area contributed by atoms with Crippen molar-refractivity contribution >= 4 is 5.91 Å². The molecule has 4 unspecified atom stereocenters. The van der Waals surface area contributed by atoms with Crippen LogP contribution >= 0.6 is 0 Å². The van der Waals surface area contributed by atoms with Crippen LogP contribution < -0.4 is 5.32 Å². The molecule has 0 aromatic rings. The van der Waals surface area contributed by atoms with E-state index in [-0.39, 0.29) is 0 Å². The lowest BCUT2D eigenvalue weighted by Gasteiger charge is -2.27. The number of hydrogen-bond donors (Lipinski definition) is 5. The van der Waals surface area contributed by atoms with Crippen LogP contribution in [0.5, 0.6) is 0 Å². The number of amides is 1. The van der Waals surface area contributed by atoms with Crippen molar-refractivity contribution in [3.05, 3.63) is 12.2 Å². The molecule has 0 rings (SSSR count). The van der Waals surface area contributed by atoms with E-state index in [4.69, 9.17) is 0 Å². The summed E-state index contributed by atoms with van der Waals surface area (Å²) in [5.41, 5.74) is 0. The molecule has 0 radical (unpaired) electrons. The van der Waals surface area contributed by atoms with Gasteiger partial charge in [0, 0.05) is 0 Å². The second kappa shape index (κ2) is 37.3. The van der Waals surface area contributed by atoms with Gasteiger partial charge in [-0.2, -0.15) is 0 Å². The predicted octanol–water partition coefficient (Wildman–Crippen LogP) is 10.6. The SMILES string of the molecule is CCCCCCCCCCC/C=C/CCCCCC(O)C(O)C(CO)NC(=O)C(O)CCCCCCCCCCCCCCCCCC. The van der Waals surface area contributed by atoms with Crippen molar-refractivity contribution in [2.24, 2.45) is 0 Å². The third kappa shape index (κ3) is 31.1. The molecule has 4 atom stereocenters. The molecule has 0 aliphatic carbocycles. The van der Waals surface area contributed by atoms with Crippen LogP contribution in [0.4, 0.5) is 0 Å². The first-order valence-corrected chi connectivity index (χ1v) is 21.1. The number of rotatable bonds is 38. The smallest absolute Gasteiger partial charge is 0.249 e. The monoisotopic (exact) mass is 682 g/mol. The normalized spacial score (nSPS) is 14.4. The molecule has 0 heterocycles. The average molecular weight is 682 g/mol. The number of carbonyl (C=O) groups is 1. The Morgan fingerprint density at radius 2 is 0.833 bits per heavy atom. The molecule has 0 aromatic heterocycles. The maximum Gasteiger partial charge on any atom is 0.249 e. The van der Waals surface area contributed by atoms with E-state index >= 15 is 0 Å². The minimum Gasteiger partial charge on any atom is -0.394 e. The number of aliphatic hydroxyl groups is 4. The topological polar surface area (TPSA) is 110 Å². The fourth-order valence-electron chi connectivity index (χ4n) is 6.57. The molecule has 0 spiro atoms. The van der Waals surface area contributed by atoms with Crippen molar-refractivity contribution in [1.82, 2.24) is 5.32 Å². The van der Waals surface area contributed by atoms with Gasteiger partial charge in [0.05, 0.1) is 18.8 Å². The summed E-state index contributed by atoms with van der Waals surface area (Å²) in [4.78, 5) is 12.5. The van der Waals surface area contributed by atoms with Gasteiger partial charge in [-0.1, -0.05) is 193 Å². The molecule has 6 nitrogen and oxygen atoms in total. The van der Waals surface area contributed by atoms with E-state index in [1.165, 1.54) is 141 Å². The van der Waals surface area contributed by atoms with Crippen LogP contribution in [0.3, 0.4) is 0 Å². The second-order valence-corrected chi connectivity index (χ2v) is 14.7.